The quantitative estimate of drug-likeness (QED) is 0.816. The predicted molar refractivity (Wildman–Crippen MR) is 74.4 cm³/mol. The monoisotopic (exact) mass is 265 g/mol. The van der Waals surface area contributed by atoms with Crippen LogP contribution < -0.4 is 10.5 Å². The molecule has 0 saturated heterocycles. The summed E-state index contributed by atoms with van der Waals surface area (Å²) in [5, 5.41) is 0. The molecule has 106 valence electrons. The van der Waals surface area contributed by atoms with Crippen LogP contribution >= 0.6 is 0 Å². The molecule has 2 rings (SSSR count). The maximum absolute atomic E-state index is 5.91. The molecule has 0 radical (unpaired) electrons. The van der Waals surface area contributed by atoms with E-state index in [1.807, 2.05) is 19.1 Å². The van der Waals surface area contributed by atoms with Crippen molar-refractivity contribution in [3.63, 3.8) is 0 Å². The first-order valence-electron chi connectivity index (χ1n) is 6.86. The lowest BCUT2D eigenvalue weighted by Gasteiger charge is -2.41. The summed E-state index contributed by atoms with van der Waals surface area (Å²) in [4.78, 5) is 0. The molecular weight excluding hydrogens is 242 g/mol. The minimum Gasteiger partial charge on any atom is -0.488 e. The fraction of sp³-hybridized carbons (Fsp3) is 0.600. The van der Waals surface area contributed by atoms with Crippen molar-refractivity contribution in [1.29, 1.82) is 0 Å². The van der Waals surface area contributed by atoms with Crippen molar-refractivity contribution in [2.45, 2.75) is 38.0 Å². The largest absolute Gasteiger partial charge is 0.488 e. The number of rotatable bonds is 7. The number of ether oxygens (including phenoxy) is 3. The van der Waals surface area contributed by atoms with E-state index in [2.05, 4.69) is 12.1 Å². The number of hydrogen-bond donors (Lipinski definition) is 1. The second-order valence-corrected chi connectivity index (χ2v) is 4.86. The van der Waals surface area contributed by atoms with E-state index in [9.17, 15) is 0 Å². The van der Waals surface area contributed by atoms with Crippen molar-refractivity contribution in [2.24, 2.45) is 5.73 Å². The third kappa shape index (κ3) is 3.69. The normalized spacial score (nSPS) is 25.9. The number of hydrogen-bond acceptors (Lipinski definition) is 4. The van der Waals surface area contributed by atoms with Crippen LogP contribution in [0.5, 0.6) is 5.75 Å². The number of nitrogens with two attached hydrogens (primary N) is 1. The van der Waals surface area contributed by atoms with E-state index in [-0.39, 0.29) is 18.2 Å². The van der Waals surface area contributed by atoms with Crippen LogP contribution in [0, 0.1) is 0 Å². The van der Waals surface area contributed by atoms with Crippen LogP contribution in [0.25, 0.3) is 0 Å². The van der Waals surface area contributed by atoms with Crippen molar-refractivity contribution in [3.05, 3.63) is 29.8 Å². The maximum Gasteiger partial charge on any atom is 0.128 e. The zero-order chi connectivity index (χ0) is 13.7. The molecule has 0 aromatic heterocycles. The summed E-state index contributed by atoms with van der Waals surface area (Å²) in [6, 6.07) is 8.24. The van der Waals surface area contributed by atoms with Crippen molar-refractivity contribution in [3.8, 4) is 5.75 Å². The lowest BCUT2D eigenvalue weighted by atomic mass is 9.86. The smallest absolute Gasteiger partial charge is 0.128 e. The Morgan fingerprint density at radius 1 is 1.26 bits per heavy atom. The van der Waals surface area contributed by atoms with Gasteiger partial charge in [-0.05, 0) is 31.0 Å². The van der Waals surface area contributed by atoms with Gasteiger partial charge in [0.1, 0.15) is 18.0 Å². The highest BCUT2D eigenvalue weighted by molar-refractivity contribution is 5.28. The van der Waals surface area contributed by atoms with Crippen molar-refractivity contribution >= 4 is 0 Å². The van der Waals surface area contributed by atoms with Gasteiger partial charge in [-0.2, -0.15) is 0 Å². The van der Waals surface area contributed by atoms with E-state index < -0.39 is 0 Å². The van der Waals surface area contributed by atoms with Gasteiger partial charge in [-0.25, -0.2) is 0 Å². The number of methoxy groups -OCH3 is 1. The van der Waals surface area contributed by atoms with Gasteiger partial charge in [-0.3, -0.25) is 0 Å². The zero-order valence-electron chi connectivity index (χ0n) is 11.7. The Morgan fingerprint density at radius 3 is 2.58 bits per heavy atom. The lowest BCUT2D eigenvalue weighted by Crippen LogP contribution is -2.59. The van der Waals surface area contributed by atoms with Gasteiger partial charge in [0.05, 0.1) is 6.61 Å². The van der Waals surface area contributed by atoms with E-state index in [4.69, 9.17) is 19.9 Å². The molecule has 2 N–H and O–H groups in total. The molecule has 4 nitrogen and oxygen atoms in total. The van der Waals surface area contributed by atoms with Crippen molar-refractivity contribution < 1.29 is 14.2 Å². The van der Waals surface area contributed by atoms with Crippen LogP contribution in [-0.4, -0.2) is 38.6 Å². The molecule has 3 unspecified atom stereocenters. The molecule has 0 spiro atoms. The molecule has 19 heavy (non-hydrogen) atoms. The van der Waals surface area contributed by atoms with E-state index >= 15 is 0 Å². The van der Waals surface area contributed by atoms with Gasteiger partial charge >= 0.3 is 0 Å². The fourth-order valence-corrected chi connectivity index (χ4v) is 2.28. The third-order valence-corrected chi connectivity index (χ3v) is 3.46. The summed E-state index contributed by atoms with van der Waals surface area (Å²) in [7, 11) is 1.71. The summed E-state index contributed by atoms with van der Waals surface area (Å²) in [5.74, 6) is 0.878. The van der Waals surface area contributed by atoms with Gasteiger partial charge < -0.3 is 19.9 Å². The molecule has 4 heteroatoms. The molecule has 1 aliphatic carbocycles. The molecule has 1 fully saturated rings. The molecule has 3 atom stereocenters. The minimum atomic E-state index is 0.0261. The van der Waals surface area contributed by atoms with Crippen LogP contribution in [0.15, 0.2) is 24.3 Å². The molecule has 0 amide bonds. The Labute approximate surface area is 114 Å². The second-order valence-electron chi connectivity index (χ2n) is 4.86. The Balaban J connectivity index is 1.86. The molecule has 1 aromatic rings. The van der Waals surface area contributed by atoms with Crippen LogP contribution in [-0.2, 0) is 15.9 Å². The Bertz CT molecular complexity index is 379. The van der Waals surface area contributed by atoms with Crippen LogP contribution in [0.1, 0.15) is 18.9 Å². The van der Waals surface area contributed by atoms with Crippen molar-refractivity contribution in [2.75, 3.05) is 20.3 Å². The highest BCUT2D eigenvalue weighted by Crippen LogP contribution is 2.27. The third-order valence-electron chi connectivity index (χ3n) is 3.46. The molecule has 0 bridgehead atoms. The van der Waals surface area contributed by atoms with Gasteiger partial charge in [-0.1, -0.05) is 12.1 Å². The van der Waals surface area contributed by atoms with Crippen molar-refractivity contribution in [1.82, 2.24) is 0 Å². The van der Waals surface area contributed by atoms with E-state index in [1.165, 1.54) is 5.56 Å². The highest BCUT2D eigenvalue weighted by atomic mass is 16.5. The van der Waals surface area contributed by atoms with Crippen LogP contribution in [0.4, 0.5) is 0 Å². The molecule has 1 saturated carbocycles. The minimum absolute atomic E-state index is 0.0261. The van der Waals surface area contributed by atoms with Gasteiger partial charge in [-0.15, -0.1) is 0 Å². The lowest BCUT2D eigenvalue weighted by molar-refractivity contribution is -0.0945. The van der Waals surface area contributed by atoms with Gasteiger partial charge in [0.2, 0.25) is 0 Å². The molecule has 1 aliphatic rings. The van der Waals surface area contributed by atoms with Gasteiger partial charge in [0.25, 0.3) is 0 Å². The molecular formula is C15H23NO3. The molecule has 0 heterocycles. The van der Waals surface area contributed by atoms with Gasteiger partial charge in [0.15, 0.2) is 0 Å². The topological polar surface area (TPSA) is 53.7 Å². The summed E-state index contributed by atoms with van der Waals surface area (Å²) in [5.41, 5.74) is 7.16. The molecule has 1 aromatic carbocycles. The first kappa shape index (κ1) is 14.3. The standard InChI is InChI=1S/C15H23NO3/c1-3-18-15-13(16)10-14(15)19-12-6-4-11(5-7-12)8-9-17-2/h4-7,13-15H,3,8-10,16H2,1-2H3. The van der Waals surface area contributed by atoms with E-state index in [0.717, 1.165) is 25.2 Å². The predicted octanol–water partition coefficient (Wildman–Crippen LogP) is 1.76. The van der Waals surface area contributed by atoms with Gasteiger partial charge in [0, 0.05) is 26.2 Å². The van der Waals surface area contributed by atoms with E-state index in [0.29, 0.717) is 6.61 Å². The van der Waals surface area contributed by atoms with E-state index in [1.54, 1.807) is 7.11 Å². The highest BCUT2D eigenvalue weighted by Gasteiger charge is 2.41. The molecule has 0 aliphatic heterocycles. The summed E-state index contributed by atoms with van der Waals surface area (Å²) < 4.78 is 16.6. The first-order valence-corrected chi connectivity index (χ1v) is 6.86. The Kier molecular flexibility index (Phi) is 5.19. The van der Waals surface area contributed by atoms with Crippen LogP contribution in [0.2, 0.25) is 0 Å². The average molecular weight is 265 g/mol. The summed E-state index contributed by atoms with van der Waals surface area (Å²) in [6.45, 7) is 3.39. The fourth-order valence-electron chi connectivity index (χ4n) is 2.28. The zero-order valence-corrected chi connectivity index (χ0v) is 11.7. The summed E-state index contributed by atoms with van der Waals surface area (Å²) in [6.07, 6.45) is 1.89. The second kappa shape index (κ2) is 6.89. The maximum atomic E-state index is 5.91. The number of benzene rings is 1. The SMILES string of the molecule is CCOC1C(N)CC1Oc1ccc(CCOC)cc1. The Morgan fingerprint density at radius 2 is 2.00 bits per heavy atom. The first-order chi connectivity index (χ1) is 9.24. The Hall–Kier alpha value is -1.10. The van der Waals surface area contributed by atoms with Crippen LogP contribution in [0.3, 0.4) is 0 Å². The average Bonchev–Trinajstić information content (AvgIpc) is 2.43. The summed E-state index contributed by atoms with van der Waals surface area (Å²) >= 11 is 0.